The average molecular weight is 245 g/mol. The van der Waals surface area contributed by atoms with Crippen LogP contribution in [0.2, 0.25) is 0 Å². The van der Waals surface area contributed by atoms with Crippen molar-refractivity contribution in [3.63, 3.8) is 0 Å². The Morgan fingerprint density at radius 2 is 2.11 bits per heavy atom. The van der Waals surface area contributed by atoms with Gasteiger partial charge in [-0.3, -0.25) is 0 Å². The zero-order valence-electron chi connectivity index (χ0n) is 11.2. The molecule has 0 saturated heterocycles. The Kier molecular flexibility index (Phi) is 3.55. The third-order valence-electron chi connectivity index (χ3n) is 4.70. The maximum absolute atomic E-state index is 5.76. The second-order valence-electron chi connectivity index (χ2n) is 5.69. The first-order valence-corrected chi connectivity index (χ1v) is 7.27. The Morgan fingerprint density at radius 3 is 3.00 bits per heavy atom. The molecule has 0 aromatic heterocycles. The van der Waals surface area contributed by atoms with Crippen molar-refractivity contribution in [3.05, 3.63) is 29.8 Å². The van der Waals surface area contributed by atoms with Crippen LogP contribution in [0.25, 0.3) is 0 Å². The van der Waals surface area contributed by atoms with Crippen LogP contribution in [-0.4, -0.2) is 19.7 Å². The summed E-state index contributed by atoms with van der Waals surface area (Å²) in [7, 11) is 2.11. The van der Waals surface area contributed by atoms with Gasteiger partial charge in [-0.05, 0) is 56.2 Å². The molecule has 18 heavy (non-hydrogen) atoms. The van der Waals surface area contributed by atoms with E-state index in [-0.39, 0.29) is 0 Å². The molecule has 1 N–H and O–H groups in total. The van der Waals surface area contributed by atoms with Gasteiger partial charge >= 0.3 is 0 Å². The van der Waals surface area contributed by atoms with Gasteiger partial charge in [0.1, 0.15) is 5.75 Å². The van der Waals surface area contributed by atoms with Gasteiger partial charge in [0.05, 0.1) is 6.61 Å². The van der Waals surface area contributed by atoms with E-state index in [1.807, 2.05) is 0 Å². The van der Waals surface area contributed by atoms with Crippen molar-refractivity contribution in [2.24, 2.45) is 5.92 Å². The molecule has 0 amide bonds. The Bertz CT molecular complexity index is 404. The van der Waals surface area contributed by atoms with Crippen molar-refractivity contribution in [1.82, 2.24) is 5.32 Å². The first-order chi connectivity index (χ1) is 8.88. The molecule has 1 aliphatic carbocycles. The molecule has 1 aromatic rings. The number of rotatable bonds is 3. The topological polar surface area (TPSA) is 21.3 Å². The lowest BCUT2D eigenvalue weighted by Gasteiger charge is -2.29. The standard InChI is InChI=1S/C16H23NO/c1-17-15-7-4-5-13(15)11-12-9-10-18-16-8-3-2-6-14(12)16/h2-3,6,8,12-13,15,17H,4-5,7,9-11H2,1H3. The van der Waals surface area contributed by atoms with Gasteiger partial charge in [-0.15, -0.1) is 0 Å². The monoisotopic (exact) mass is 245 g/mol. The van der Waals surface area contributed by atoms with E-state index in [1.54, 1.807) is 0 Å². The van der Waals surface area contributed by atoms with E-state index in [0.29, 0.717) is 5.92 Å². The van der Waals surface area contributed by atoms with Crippen LogP contribution < -0.4 is 10.1 Å². The van der Waals surface area contributed by atoms with Crippen molar-refractivity contribution < 1.29 is 4.74 Å². The minimum atomic E-state index is 0.703. The molecule has 1 saturated carbocycles. The van der Waals surface area contributed by atoms with Crippen LogP contribution in [0.1, 0.15) is 43.6 Å². The van der Waals surface area contributed by atoms with Crippen molar-refractivity contribution in [1.29, 1.82) is 0 Å². The lowest BCUT2D eigenvalue weighted by Crippen LogP contribution is -2.30. The zero-order chi connectivity index (χ0) is 12.4. The largest absolute Gasteiger partial charge is 0.493 e. The lowest BCUT2D eigenvalue weighted by molar-refractivity contribution is 0.245. The molecule has 0 bridgehead atoms. The molecule has 1 fully saturated rings. The summed E-state index contributed by atoms with van der Waals surface area (Å²) in [5, 5.41) is 3.50. The SMILES string of the molecule is CNC1CCCC1CC1CCOc2ccccc21. The van der Waals surface area contributed by atoms with Crippen molar-refractivity contribution in [2.45, 2.75) is 44.1 Å². The third kappa shape index (κ3) is 2.26. The molecule has 1 aromatic carbocycles. The maximum Gasteiger partial charge on any atom is 0.122 e. The van der Waals surface area contributed by atoms with Gasteiger partial charge in [-0.1, -0.05) is 24.6 Å². The smallest absolute Gasteiger partial charge is 0.122 e. The average Bonchev–Trinajstić information content (AvgIpc) is 2.86. The Hall–Kier alpha value is -1.02. The molecule has 98 valence electrons. The molecule has 1 heterocycles. The van der Waals surface area contributed by atoms with Crippen LogP contribution in [0.4, 0.5) is 0 Å². The van der Waals surface area contributed by atoms with Gasteiger partial charge in [0, 0.05) is 6.04 Å². The summed E-state index contributed by atoms with van der Waals surface area (Å²) in [6, 6.07) is 9.33. The van der Waals surface area contributed by atoms with Gasteiger partial charge in [0.15, 0.2) is 0 Å². The van der Waals surface area contributed by atoms with Gasteiger partial charge < -0.3 is 10.1 Å². The van der Waals surface area contributed by atoms with Crippen LogP contribution in [-0.2, 0) is 0 Å². The molecule has 1 aliphatic heterocycles. The molecule has 3 atom stereocenters. The molecule has 0 radical (unpaired) electrons. The number of para-hydroxylation sites is 1. The zero-order valence-corrected chi connectivity index (χ0v) is 11.2. The summed E-state index contributed by atoms with van der Waals surface area (Å²) < 4.78 is 5.76. The number of nitrogens with one attached hydrogen (secondary N) is 1. The van der Waals surface area contributed by atoms with E-state index in [0.717, 1.165) is 24.3 Å². The van der Waals surface area contributed by atoms with E-state index in [9.17, 15) is 0 Å². The van der Waals surface area contributed by atoms with Crippen LogP contribution in [0.5, 0.6) is 5.75 Å². The fraction of sp³-hybridized carbons (Fsp3) is 0.625. The van der Waals surface area contributed by atoms with Gasteiger partial charge in [-0.2, -0.15) is 0 Å². The summed E-state index contributed by atoms with van der Waals surface area (Å²) in [6.07, 6.45) is 6.65. The fourth-order valence-electron chi connectivity index (χ4n) is 3.73. The van der Waals surface area contributed by atoms with Crippen molar-refractivity contribution in [3.8, 4) is 5.75 Å². The summed E-state index contributed by atoms with van der Waals surface area (Å²) in [6.45, 7) is 0.888. The number of fused-ring (bicyclic) bond motifs is 1. The summed E-state index contributed by atoms with van der Waals surface area (Å²) in [4.78, 5) is 0. The minimum absolute atomic E-state index is 0.703. The second-order valence-corrected chi connectivity index (χ2v) is 5.69. The molecular weight excluding hydrogens is 222 g/mol. The lowest BCUT2D eigenvalue weighted by atomic mass is 9.83. The van der Waals surface area contributed by atoms with Crippen LogP contribution >= 0.6 is 0 Å². The highest BCUT2D eigenvalue weighted by Gasteiger charge is 2.30. The van der Waals surface area contributed by atoms with E-state index < -0.39 is 0 Å². The van der Waals surface area contributed by atoms with Crippen molar-refractivity contribution >= 4 is 0 Å². The summed E-state index contributed by atoms with van der Waals surface area (Å²) >= 11 is 0. The highest BCUT2D eigenvalue weighted by Crippen LogP contribution is 2.41. The van der Waals surface area contributed by atoms with Gasteiger partial charge in [0.2, 0.25) is 0 Å². The molecule has 3 unspecified atom stereocenters. The van der Waals surface area contributed by atoms with E-state index in [1.165, 1.54) is 37.7 Å². The maximum atomic E-state index is 5.76. The minimum Gasteiger partial charge on any atom is -0.493 e. The van der Waals surface area contributed by atoms with Crippen LogP contribution in [0.15, 0.2) is 24.3 Å². The van der Waals surface area contributed by atoms with E-state index in [4.69, 9.17) is 4.74 Å². The Labute approximate surface area is 110 Å². The second kappa shape index (κ2) is 5.31. The Balaban J connectivity index is 1.74. The molecular formula is C16H23NO. The first kappa shape index (κ1) is 12.0. The van der Waals surface area contributed by atoms with E-state index >= 15 is 0 Å². The summed E-state index contributed by atoms with van der Waals surface area (Å²) in [5.74, 6) is 2.67. The van der Waals surface area contributed by atoms with Crippen molar-refractivity contribution in [2.75, 3.05) is 13.7 Å². The highest BCUT2D eigenvalue weighted by molar-refractivity contribution is 5.37. The predicted octanol–water partition coefficient (Wildman–Crippen LogP) is 3.33. The van der Waals surface area contributed by atoms with Crippen LogP contribution in [0.3, 0.4) is 0 Å². The molecule has 2 aliphatic rings. The number of hydrogen-bond acceptors (Lipinski definition) is 2. The molecule has 0 spiro atoms. The molecule has 3 rings (SSSR count). The van der Waals surface area contributed by atoms with Crippen LogP contribution in [0, 0.1) is 5.92 Å². The number of hydrogen-bond donors (Lipinski definition) is 1. The quantitative estimate of drug-likeness (QED) is 0.882. The third-order valence-corrected chi connectivity index (χ3v) is 4.70. The highest BCUT2D eigenvalue weighted by atomic mass is 16.5. The number of benzene rings is 1. The first-order valence-electron chi connectivity index (χ1n) is 7.27. The normalized spacial score (nSPS) is 30.8. The number of ether oxygens (including phenoxy) is 1. The Morgan fingerprint density at radius 1 is 1.22 bits per heavy atom. The fourth-order valence-corrected chi connectivity index (χ4v) is 3.73. The van der Waals surface area contributed by atoms with Gasteiger partial charge in [-0.25, -0.2) is 0 Å². The van der Waals surface area contributed by atoms with E-state index in [2.05, 4.69) is 36.6 Å². The van der Waals surface area contributed by atoms with Gasteiger partial charge in [0.25, 0.3) is 0 Å². The summed E-state index contributed by atoms with van der Waals surface area (Å²) in [5.41, 5.74) is 1.44. The molecule has 2 nitrogen and oxygen atoms in total. The molecule has 2 heteroatoms. The predicted molar refractivity (Wildman–Crippen MR) is 74.1 cm³/mol.